The summed E-state index contributed by atoms with van der Waals surface area (Å²) in [5.41, 5.74) is 0.929. The van der Waals surface area contributed by atoms with E-state index in [1.807, 2.05) is 0 Å². The van der Waals surface area contributed by atoms with Crippen LogP contribution < -0.4 is 14.8 Å². The van der Waals surface area contributed by atoms with Gasteiger partial charge in [0.15, 0.2) is 5.75 Å². The summed E-state index contributed by atoms with van der Waals surface area (Å²) < 4.78 is 11.1. The number of nitrogens with one attached hydrogen (secondary N) is 1. The quantitative estimate of drug-likeness (QED) is 0.675. The lowest BCUT2D eigenvalue weighted by Crippen LogP contribution is -2.18. The molecule has 2 N–H and O–H groups in total. The van der Waals surface area contributed by atoms with Crippen LogP contribution in [-0.4, -0.2) is 46.1 Å². The summed E-state index contributed by atoms with van der Waals surface area (Å²) in [5.74, 6) is 0.0367. The van der Waals surface area contributed by atoms with Gasteiger partial charge in [0.05, 0.1) is 30.6 Å². The number of fused-ring (bicyclic) bond motifs is 1. The Morgan fingerprint density at radius 2 is 1.89 bits per heavy atom. The number of rotatable bonds is 6. The molecule has 0 aliphatic rings. The van der Waals surface area contributed by atoms with Gasteiger partial charge in [0.25, 0.3) is 5.91 Å². The number of carboxylic acids is 1. The number of nitrogens with zero attached hydrogens (tertiary/aromatic N) is 3. The molecule has 0 atom stereocenters. The summed E-state index contributed by atoms with van der Waals surface area (Å²) >= 11 is 0. The van der Waals surface area contributed by atoms with E-state index in [1.165, 1.54) is 26.6 Å². The second kappa shape index (κ2) is 7.65. The molecule has 2 aromatic heterocycles. The number of aliphatic carboxylic acids is 1. The highest BCUT2D eigenvalue weighted by Crippen LogP contribution is 2.32. The van der Waals surface area contributed by atoms with E-state index in [4.69, 9.17) is 14.6 Å². The molecule has 3 aromatic rings. The van der Waals surface area contributed by atoms with Gasteiger partial charge in [0, 0.05) is 24.7 Å². The first kappa shape index (κ1) is 18.1. The standard InChI is InChI=1S/C18H16N4O5/c1-19-18(25)12-5-11-13(6-15(12)26-2)20-4-3-14(11)27-10-8-21-16(22-9-10)7-17(23)24/h3-6,8-9H,7H2,1-2H3,(H,19,25)(H,23,24). The third-order valence-corrected chi connectivity index (χ3v) is 3.71. The number of pyridine rings is 1. The van der Waals surface area contributed by atoms with Crippen LogP contribution in [0.5, 0.6) is 17.2 Å². The normalized spacial score (nSPS) is 10.4. The Morgan fingerprint density at radius 3 is 2.52 bits per heavy atom. The predicted molar refractivity (Wildman–Crippen MR) is 95.1 cm³/mol. The molecule has 0 saturated carbocycles. The molecule has 0 aliphatic heterocycles. The number of ether oxygens (including phenoxy) is 2. The van der Waals surface area contributed by atoms with Gasteiger partial charge in [0.2, 0.25) is 0 Å². The Bertz CT molecular complexity index is 1000. The summed E-state index contributed by atoms with van der Waals surface area (Å²) in [6, 6.07) is 4.93. The summed E-state index contributed by atoms with van der Waals surface area (Å²) in [4.78, 5) is 35.0. The topological polar surface area (TPSA) is 124 Å². The molecular formula is C18H16N4O5. The van der Waals surface area contributed by atoms with E-state index in [1.54, 1.807) is 24.4 Å². The Kier molecular flexibility index (Phi) is 5.11. The minimum absolute atomic E-state index is 0.182. The van der Waals surface area contributed by atoms with E-state index in [-0.39, 0.29) is 18.2 Å². The smallest absolute Gasteiger partial charge is 0.311 e. The van der Waals surface area contributed by atoms with E-state index in [0.717, 1.165) is 0 Å². The molecular weight excluding hydrogens is 352 g/mol. The summed E-state index contributed by atoms with van der Waals surface area (Å²) in [7, 11) is 3.01. The van der Waals surface area contributed by atoms with Crippen LogP contribution in [0.2, 0.25) is 0 Å². The first-order chi connectivity index (χ1) is 13.0. The number of methoxy groups -OCH3 is 1. The van der Waals surface area contributed by atoms with Crippen LogP contribution in [0.25, 0.3) is 10.9 Å². The highest BCUT2D eigenvalue weighted by atomic mass is 16.5. The number of carbonyl (C=O) groups excluding carboxylic acids is 1. The van der Waals surface area contributed by atoms with Crippen molar-refractivity contribution in [2.24, 2.45) is 0 Å². The van der Waals surface area contributed by atoms with Crippen molar-refractivity contribution < 1.29 is 24.2 Å². The molecule has 9 heteroatoms. The van der Waals surface area contributed by atoms with Crippen molar-refractivity contribution in [1.82, 2.24) is 20.3 Å². The van der Waals surface area contributed by atoms with Crippen LogP contribution in [0, 0.1) is 0 Å². The molecule has 2 heterocycles. The monoisotopic (exact) mass is 368 g/mol. The number of carboxylic acid groups (broad SMARTS) is 1. The molecule has 1 aromatic carbocycles. The number of hydrogen-bond donors (Lipinski definition) is 2. The molecule has 0 radical (unpaired) electrons. The summed E-state index contributed by atoms with van der Waals surface area (Å²) in [6.07, 6.45) is 4.07. The van der Waals surface area contributed by atoms with Crippen LogP contribution in [-0.2, 0) is 11.2 Å². The average molecular weight is 368 g/mol. The molecule has 0 bridgehead atoms. The van der Waals surface area contributed by atoms with Gasteiger partial charge >= 0.3 is 5.97 Å². The number of amides is 1. The van der Waals surface area contributed by atoms with Crippen LogP contribution in [0.4, 0.5) is 0 Å². The molecule has 0 unspecified atom stereocenters. The van der Waals surface area contributed by atoms with Crippen LogP contribution in [0.3, 0.4) is 0 Å². The van der Waals surface area contributed by atoms with Crippen LogP contribution in [0.1, 0.15) is 16.2 Å². The Labute approximate surface area is 154 Å². The van der Waals surface area contributed by atoms with E-state index < -0.39 is 5.97 Å². The van der Waals surface area contributed by atoms with Crippen molar-refractivity contribution in [2.75, 3.05) is 14.2 Å². The van der Waals surface area contributed by atoms with Crippen molar-refractivity contribution >= 4 is 22.8 Å². The third-order valence-electron chi connectivity index (χ3n) is 3.71. The lowest BCUT2D eigenvalue weighted by Gasteiger charge is -2.12. The fraction of sp³-hybridized carbons (Fsp3) is 0.167. The number of carbonyl (C=O) groups is 2. The average Bonchev–Trinajstić information content (AvgIpc) is 2.67. The highest BCUT2D eigenvalue weighted by molar-refractivity contribution is 6.02. The second-order valence-corrected chi connectivity index (χ2v) is 5.47. The molecule has 1 amide bonds. The van der Waals surface area contributed by atoms with E-state index in [9.17, 15) is 9.59 Å². The fourth-order valence-corrected chi connectivity index (χ4v) is 2.47. The molecule has 0 saturated heterocycles. The maximum atomic E-state index is 12.1. The molecule has 0 aliphatic carbocycles. The first-order valence-electron chi connectivity index (χ1n) is 7.91. The van der Waals surface area contributed by atoms with Crippen LogP contribution >= 0.6 is 0 Å². The van der Waals surface area contributed by atoms with E-state index in [0.29, 0.717) is 33.7 Å². The van der Waals surface area contributed by atoms with Gasteiger partial charge in [-0.25, -0.2) is 9.97 Å². The second-order valence-electron chi connectivity index (χ2n) is 5.47. The van der Waals surface area contributed by atoms with Crippen molar-refractivity contribution in [3.8, 4) is 17.2 Å². The van der Waals surface area contributed by atoms with Gasteiger partial charge in [0.1, 0.15) is 23.7 Å². The van der Waals surface area contributed by atoms with Gasteiger partial charge in [-0.2, -0.15) is 0 Å². The van der Waals surface area contributed by atoms with Gasteiger partial charge in [-0.3, -0.25) is 14.6 Å². The van der Waals surface area contributed by atoms with E-state index in [2.05, 4.69) is 20.3 Å². The number of hydrogen-bond acceptors (Lipinski definition) is 7. The number of benzene rings is 1. The maximum Gasteiger partial charge on any atom is 0.311 e. The predicted octanol–water partition coefficient (Wildman–Crippen LogP) is 1.81. The number of aromatic nitrogens is 3. The molecule has 27 heavy (non-hydrogen) atoms. The zero-order valence-corrected chi connectivity index (χ0v) is 14.6. The SMILES string of the molecule is CNC(=O)c1cc2c(Oc3cnc(CC(=O)O)nc3)ccnc2cc1OC. The molecule has 0 spiro atoms. The van der Waals surface area contributed by atoms with Crippen molar-refractivity contribution in [3.63, 3.8) is 0 Å². The zero-order valence-electron chi connectivity index (χ0n) is 14.6. The van der Waals surface area contributed by atoms with Crippen molar-refractivity contribution in [1.29, 1.82) is 0 Å². The third kappa shape index (κ3) is 3.92. The lowest BCUT2D eigenvalue weighted by atomic mass is 10.1. The summed E-state index contributed by atoms with van der Waals surface area (Å²) in [5, 5.41) is 11.9. The van der Waals surface area contributed by atoms with Gasteiger partial charge in [-0.05, 0) is 12.1 Å². The molecule has 9 nitrogen and oxygen atoms in total. The van der Waals surface area contributed by atoms with Gasteiger partial charge in [-0.1, -0.05) is 0 Å². The fourth-order valence-electron chi connectivity index (χ4n) is 2.47. The lowest BCUT2D eigenvalue weighted by molar-refractivity contribution is -0.136. The minimum Gasteiger partial charge on any atom is -0.496 e. The maximum absolute atomic E-state index is 12.1. The van der Waals surface area contributed by atoms with Crippen LogP contribution in [0.15, 0.2) is 36.8 Å². The Hall–Kier alpha value is -3.75. The largest absolute Gasteiger partial charge is 0.496 e. The van der Waals surface area contributed by atoms with Crippen molar-refractivity contribution in [3.05, 3.63) is 48.2 Å². The zero-order chi connectivity index (χ0) is 19.4. The highest BCUT2D eigenvalue weighted by Gasteiger charge is 2.15. The Morgan fingerprint density at radius 1 is 1.15 bits per heavy atom. The Balaban J connectivity index is 1.99. The van der Waals surface area contributed by atoms with Crippen molar-refractivity contribution in [2.45, 2.75) is 6.42 Å². The molecule has 0 fully saturated rings. The molecule has 3 rings (SSSR count). The first-order valence-corrected chi connectivity index (χ1v) is 7.91. The molecule has 138 valence electrons. The van der Waals surface area contributed by atoms with E-state index >= 15 is 0 Å². The van der Waals surface area contributed by atoms with Gasteiger partial charge < -0.3 is 19.9 Å². The van der Waals surface area contributed by atoms with Gasteiger partial charge in [-0.15, -0.1) is 0 Å². The summed E-state index contributed by atoms with van der Waals surface area (Å²) in [6.45, 7) is 0. The minimum atomic E-state index is -1.01.